The lowest BCUT2D eigenvalue weighted by Crippen LogP contribution is -2.14. The zero-order chi connectivity index (χ0) is 17.6. The van der Waals surface area contributed by atoms with Crippen molar-refractivity contribution in [2.24, 2.45) is 0 Å². The SMILES string of the molecule is CCc1ccc(NC(=O)c2ccnc(Nc3cccc(F)c3)n2)cc1. The van der Waals surface area contributed by atoms with Crippen molar-refractivity contribution in [3.05, 3.63) is 77.9 Å². The van der Waals surface area contributed by atoms with Gasteiger partial charge in [-0.25, -0.2) is 14.4 Å². The highest BCUT2D eigenvalue weighted by molar-refractivity contribution is 6.03. The zero-order valence-electron chi connectivity index (χ0n) is 13.7. The van der Waals surface area contributed by atoms with Gasteiger partial charge in [-0.15, -0.1) is 0 Å². The first-order valence-corrected chi connectivity index (χ1v) is 7.90. The molecule has 2 aromatic carbocycles. The van der Waals surface area contributed by atoms with Crippen LogP contribution in [0.25, 0.3) is 0 Å². The Balaban J connectivity index is 1.72. The standard InChI is InChI=1S/C19H17FN4O/c1-2-13-6-8-15(9-7-13)22-18(25)17-10-11-21-19(24-17)23-16-5-3-4-14(20)12-16/h3-12H,2H2,1H3,(H,22,25)(H,21,23,24). The van der Waals surface area contributed by atoms with Crippen LogP contribution in [-0.2, 0) is 6.42 Å². The molecule has 0 bridgehead atoms. The van der Waals surface area contributed by atoms with Gasteiger partial charge in [0.1, 0.15) is 11.5 Å². The van der Waals surface area contributed by atoms with E-state index in [9.17, 15) is 9.18 Å². The van der Waals surface area contributed by atoms with E-state index < -0.39 is 0 Å². The van der Waals surface area contributed by atoms with Gasteiger partial charge in [-0.3, -0.25) is 4.79 Å². The number of hydrogen-bond acceptors (Lipinski definition) is 4. The summed E-state index contributed by atoms with van der Waals surface area (Å²) in [7, 11) is 0. The molecule has 0 saturated carbocycles. The van der Waals surface area contributed by atoms with Crippen molar-refractivity contribution in [3.63, 3.8) is 0 Å². The maximum absolute atomic E-state index is 13.2. The van der Waals surface area contributed by atoms with Crippen molar-refractivity contribution in [1.82, 2.24) is 9.97 Å². The molecule has 0 radical (unpaired) electrons. The third kappa shape index (κ3) is 4.38. The Morgan fingerprint density at radius 3 is 2.60 bits per heavy atom. The summed E-state index contributed by atoms with van der Waals surface area (Å²) < 4.78 is 13.2. The van der Waals surface area contributed by atoms with E-state index in [1.807, 2.05) is 24.3 Å². The van der Waals surface area contributed by atoms with Gasteiger partial charge in [-0.05, 0) is 48.4 Å². The highest BCUT2D eigenvalue weighted by atomic mass is 19.1. The summed E-state index contributed by atoms with van der Waals surface area (Å²) in [4.78, 5) is 20.6. The molecule has 3 aromatic rings. The predicted octanol–water partition coefficient (Wildman–Crippen LogP) is 4.17. The number of hydrogen-bond donors (Lipinski definition) is 2. The highest BCUT2D eigenvalue weighted by Crippen LogP contribution is 2.15. The molecule has 0 aliphatic rings. The molecule has 1 amide bonds. The Labute approximate surface area is 145 Å². The fourth-order valence-electron chi connectivity index (χ4n) is 2.26. The summed E-state index contributed by atoms with van der Waals surface area (Å²) in [6.45, 7) is 2.07. The average Bonchev–Trinajstić information content (AvgIpc) is 2.62. The van der Waals surface area contributed by atoms with E-state index in [1.165, 1.54) is 30.0 Å². The number of aryl methyl sites for hydroxylation is 1. The summed E-state index contributed by atoms with van der Waals surface area (Å²) in [6.07, 6.45) is 2.42. The Kier molecular flexibility index (Phi) is 4.99. The monoisotopic (exact) mass is 336 g/mol. The second kappa shape index (κ2) is 7.53. The topological polar surface area (TPSA) is 66.9 Å². The molecule has 1 heterocycles. The number of amides is 1. The third-order valence-electron chi connectivity index (χ3n) is 3.59. The smallest absolute Gasteiger partial charge is 0.274 e. The Morgan fingerprint density at radius 1 is 1.08 bits per heavy atom. The van der Waals surface area contributed by atoms with Crippen LogP contribution in [0.3, 0.4) is 0 Å². The molecule has 3 rings (SSSR count). The summed E-state index contributed by atoms with van der Waals surface area (Å²) in [5, 5.41) is 5.67. The van der Waals surface area contributed by atoms with Gasteiger partial charge in [0.2, 0.25) is 5.95 Å². The van der Waals surface area contributed by atoms with E-state index >= 15 is 0 Å². The molecule has 6 heteroatoms. The van der Waals surface area contributed by atoms with Crippen LogP contribution in [0.1, 0.15) is 23.0 Å². The van der Waals surface area contributed by atoms with Crippen molar-refractivity contribution >= 4 is 23.2 Å². The first-order valence-electron chi connectivity index (χ1n) is 7.90. The fourth-order valence-corrected chi connectivity index (χ4v) is 2.26. The van der Waals surface area contributed by atoms with Gasteiger partial charge < -0.3 is 10.6 Å². The van der Waals surface area contributed by atoms with Crippen LogP contribution in [0.15, 0.2) is 60.8 Å². The van der Waals surface area contributed by atoms with Gasteiger partial charge >= 0.3 is 0 Å². The largest absolute Gasteiger partial charge is 0.324 e. The lowest BCUT2D eigenvalue weighted by Gasteiger charge is -2.08. The maximum Gasteiger partial charge on any atom is 0.274 e. The summed E-state index contributed by atoms with van der Waals surface area (Å²) >= 11 is 0. The number of benzene rings is 2. The van der Waals surface area contributed by atoms with Crippen LogP contribution in [0, 0.1) is 5.82 Å². The molecule has 25 heavy (non-hydrogen) atoms. The number of carbonyl (C=O) groups excluding carboxylic acids is 1. The minimum atomic E-state index is -0.366. The summed E-state index contributed by atoms with van der Waals surface area (Å²) in [6, 6.07) is 15.1. The number of nitrogens with zero attached hydrogens (tertiary/aromatic N) is 2. The normalized spacial score (nSPS) is 10.3. The van der Waals surface area contributed by atoms with Crippen molar-refractivity contribution in [2.45, 2.75) is 13.3 Å². The lowest BCUT2D eigenvalue weighted by atomic mass is 10.1. The third-order valence-corrected chi connectivity index (χ3v) is 3.59. The van der Waals surface area contributed by atoms with Crippen molar-refractivity contribution in [1.29, 1.82) is 0 Å². The molecular weight excluding hydrogens is 319 g/mol. The van der Waals surface area contributed by atoms with Crippen LogP contribution >= 0.6 is 0 Å². The first kappa shape index (κ1) is 16.6. The molecule has 1 aromatic heterocycles. The van der Waals surface area contributed by atoms with Crippen LogP contribution in [-0.4, -0.2) is 15.9 Å². The molecule has 2 N–H and O–H groups in total. The molecule has 0 atom stereocenters. The Morgan fingerprint density at radius 2 is 1.88 bits per heavy atom. The van der Waals surface area contributed by atoms with Gasteiger partial charge in [-0.1, -0.05) is 25.1 Å². The maximum atomic E-state index is 13.2. The highest BCUT2D eigenvalue weighted by Gasteiger charge is 2.09. The van der Waals surface area contributed by atoms with Gasteiger partial charge in [0.15, 0.2) is 0 Å². The Bertz CT molecular complexity index is 881. The van der Waals surface area contributed by atoms with E-state index in [4.69, 9.17) is 0 Å². The van der Waals surface area contributed by atoms with Crippen LogP contribution < -0.4 is 10.6 Å². The van der Waals surface area contributed by atoms with E-state index in [2.05, 4.69) is 27.5 Å². The predicted molar refractivity (Wildman–Crippen MR) is 95.5 cm³/mol. The lowest BCUT2D eigenvalue weighted by molar-refractivity contribution is 0.102. The summed E-state index contributed by atoms with van der Waals surface area (Å²) in [5.41, 5.74) is 2.61. The van der Waals surface area contributed by atoms with Gasteiger partial charge in [0.25, 0.3) is 5.91 Å². The molecule has 0 aliphatic carbocycles. The first-order chi connectivity index (χ1) is 12.1. The second-order valence-electron chi connectivity index (χ2n) is 5.41. The number of halogens is 1. The number of carbonyl (C=O) groups is 1. The van der Waals surface area contributed by atoms with E-state index in [0.717, 1.165) is 6.42 Å². The van der Waals surface area contributed by atoms with Crippen molar-refractivity contribution in [3.8, 4) is 0 Å². The molecule has 0 fully saturated rings. The van der Waals surface area contributed by atoms with Crippen LogP contribution in [0.5, 0.6) is 0 Å². The fraction of sp³-hybridized carbons (Fsp3) is 0.105. The molecule has 5 nitrogen and oxygen atoms in total. The van der Waals surface area contributed by atoms with Crippen molar-refractivity contribution < 1.29 is 9.18 Å². The molecule has 0 aliphatic heterocycles. The molecule has 0 unspecified atom stereocenters. The number of aromatic nitrogens is 2. The minimum absolute atomic E-state index is 0.216. The molecule has 0 spiro atoms. The molecular formula is C19H17FN4O. The van der Waals surface area contributed by atoms with Crippen LogP contribution in [0.2, 0.25) is 0 Å². The number of rotatable bonds is 5. The van der Waals surface area contributed by atoms with Gasteiger partial charge in [0, 0.05) is 17.6 Å². The van der Waals surface area contributed by atoms with Crippen molar-refractivity contribution in [2.75, 3.05) is 10.6 Å². The van der Waals surface area contributed by atoms with E-state index in [1.54, 1.807) is 12.1 Å². The van der Waals surface area contributed by atoms with Gasteiger partial charge in [-0.2, -0.15) is 0 Å². The Hall–Kier alpha value is -3.28. The molecule has 126 valence electrons. The zero-order valence-corrected chi connectivity index (χ0v) is 13.7. The van der Waals surface area contributed by atoms with E-state index in [-0.39, 0.29) is 23.4 Å². The van der Waals surface area contributed by atoms with E-state index in [0.29, 0.717) is 11.4 Å². The quantitative estimate of drug-likeness (QED) is 0.734. The van der Waals surface area contributed by atoms with Gasteiger partial charge in [0.05, 0.1) is 0 Å². The van der Waals surface area contributed by atoms with Crippen LogP contribution in [0.4, 0.5) is 21.7 Å². The average molecular weight is 336 g/mol. The number of nitrogens with one attached hydrogen (secondary N) is 2. The molecule has 0 saturated heterocycles. The number of anilines is 3. The minimum Gasteiger partial charge on any atom is -0.324 e. The summed E-state index contributed by atoms with van der Waals surface area (Å²) in [5.74, 6) is -0.483. The second-order valence-corrected chi connectivity index (χ2v) is 5.41.